The van der Waals surface area contributed by atoms with Crippen molar-refractivity contribution in [2.75, 3.05) is 82.0 Å². The number of piperazine rings is 2. The van der Waals surface area contributed by atoms with Crippen molar-refractivity contribution in [2.45, 2.75) is 32.8 Å². The highest BCUT2D eigenvalue weighted by atomic mass is 32.2. The molecule has 0 spiro atoms. The summed E-state index contributed by atoms with van der Waals surface area (Å²) in [5, 5.41) is 3.65. The molecule has 0 atom stereocenters. The maximum atomic E-state index is 11.4. The molecule has 66 heavy (non-hydrogen) atoms. The molecule has 8 rings (SSSR count). The second-order valence-corrected chi connectivity index (χ2v) is 17.7. The highest BCUT2D eigenvalue weighted by Gasteiger charge is 2.21. The van der Waals surface area contributed by atoms with Gasteiger partial charge in [-0.1, -0.05) is 59.0 Å². The number of hydrogen-bond acceptors (Lipinski definition) is 16. The highest BCUT2D eigenvalue weighted by molar-refractivity contribution is 7.99. The lowest BCUT2D eigenvalue weighted by Crippen LogP contribution is -2.45. The van der Waals surface area contributed by atoms with Crippen molar-refractivity contribution in [2.24, 2.45) is 16.6 Å². The molecule has 4 heterocycles. The number of hydrogen-bond donors (Lipinski definition) is 3. The summed E-state index contributed by atoms with van der Waals surface area (Å²) >= 11 is 2.92. The molecule has 2 aliphatic heterocycles. The Bertz CT molecular complexity index is 2650. The number of carbonyl (C=O) groups excluding carboxylic acids is 2. The first-order valence-electron chi connectivity index (χ1n) is 21.0. The maximum Gasteiger partial charge on any atom is 0.248 e. The van der Waals surface area contributed by atoms with Crippen molar-refractivity contribution < 1.29 is 19.1 Å². The lowest BCUT2D eigenvalue weighted by Gasteiger charge is -2.32. The number of ether oxygens (including phenoxy) is 2. The van der Waals surface area contributed by atoms with Crippen molar-refractivity contribution in [3.05, 3.63) is 142 Å². The normalized spacial score (nSPS) is 14.1. The Morgan fingerprint density at radius 2 is 1.09 bits per heavy atom. The summed E-state index contributed by atoms with van der Waals surface area (Å²) in [5.74, 6) is 1.34. The summed E-state index contributed by atoms with van der Waals surface area (Å²) in [6.07, 6.45) is 3.56. The summed E-state index contributed by atoms with van der Waals surface area (Å²) in [6, 6.07) is 29.0. The van der Waals surface area contributed by atoms with Crippen molar-refractivity contribution in [3.63, 3.8) is 0 Å². The quantitative estimate of drug-likeness (QED) is 0.0423. The van der Waals surface area contributed by atoms with Crippen LogP contribution in [0.3, 0.4) is 0 Å². The number of anilines is 3. The van der Waals surface area contributed by atoms with Crippen LogP contribution in [0.4, 0.5) is 23.3 Å². The van der Waals surface area contributed by atoms with E-state index >= 15 is 0 Å². The smallest absolute Gasteiger partial charge is 0.248 e. The molecule has 2 fully saturated rings. The van der Waals surface area contributed by atoms with Crippen molar-refractivity contribution in [1.29, 1.82) is 0 Å². The molecule has 2 aliphatic rings. The van der Waals surface area contributed by atoms with E-state index in [1.165, 1.54) is 23.5 Å². The van der Waals surface area contributed by atoms with E-state index in [9.17, 15) is 9.59 Å². The Labute approximate surface area is 391 Å². The maximum absolute atomic E-state index is 11.4. The van der Waals surface area contributed by atoms with E-state index in [0.29, 0.717) is 52.8 Å². The second-order valence-electron chi connectivity index (χ2n) is 15.4. The van der Waals surface area contributed by atoms with Gasteiger partial charge in [-0.25, -0.2) is 9.97 Å². The molecule has 0 radical (unpaired) electrons. The first-order valence-corrected chi connectivity index (χ1v) is 22.6. The number of azide groups is 1. The Morgan fingerprint density at radius 3 is 1.52 bits per heavy atom. The predicted octanol–water partition coefficient (Wildman–Crippen LogP) is 6.64. The van der Waals surface area contributed by atoms with Crippen LogP contribution in [0.2, 0.25) is 0 Å². The van der Waals surface area contributed by atoms with E-state index in [1.54, 1.807) is 48.8 Å². The van der Waals surface area contributed by atoms with Gasteiger partial charge in [-0.05, 0) is 97.5 Å². The monoisotopic (exact) mass is 926 g/mol. The lowest BCUT2D eigenvalue weighted by molar-refractivity contribution is 0.0992. The minimum Gasteiger partial charge on any atom is -0.472 e. The zero-order valence-corrected chi connectivity index (χ0v) is 38.2. The van der Waals surface area contributed by atoms with E-state index < -0.39 is 11.8 Å². The lowest BCUT2D eigenvalue weighted by atomic mass is 10.2. The van der Waals surface area contributed by atoms with Crippen LogP contribution in [0.15, 0.2) is 134 Å². The second kappa shape index (κ2) is 22.7. The molecule has 6 N–H and O–H groups in total. The molecule has 18 nitrogen and oxygen atoms in total. The van der Waals surface area contributed by atoms with Gasteiger partial charge in [-0.3, -0.25) is 9.59 Å². The first kappa shape index (κ1) is 46.9. The van der Waals surface area contributed by atoms with Gasteiger partial charge < -0.3 is 46.3 Å². The number of amides is 2. The third-order valence-corrected chi connectivity index (χ3v) is 12.5. The molecular formula is C46H50N14O4S2. The fourth-order valence-electron chi connectivity index (χ4n) is 6.73. The van der Waals surface area contributed by atoms with Crippen LogP contribution in [0, 0.1) is 0 Å². The molecule has 0 unspecified atom stereocenters. The summed E-state index contributed by atoms with van der Waals surface area (Å²) in [7, 11) is 4.21. The van der Waals surface area contributed by atoms with Crippen LogP contribution in [-0.2, 0) is 13.2 Å². The molecule has 20 heteroatoms. The molecular weight excluding hydrogens is 877 g/mol. The number of carbonyl (C=O) groups is 2. The molecule has 0 saturated carbocycles. The van der Waals surface area contributed by atoms with Gasteiger partial charge in [0.15, 0.2) is 0 Å². The number of likely N-dealkylation sites (N-methyl/N-ethyl adjacent to an activating group) is 2. The molecule has 2 aromatic heterocycles. The largest absolute Gasteiger partial charge is 0.472 e. The predicted molar refractivity (Wildman–Crippen MR) is 256 cm³/mol. The zero-order valence-electron chi connectivity index (χ0n) is 36.6. The Morgan fingerprint density at radius 1 is 0.652 bits per heavy atom. The van der Waals surface area contributed by atoms with E-state index in [1.807, 2.05) is 60.7 Å². The fraction of sp³-hybridized carbons (Fsp3) is 0.261. The van der Waals surface area contributed by atoms with Crippen LogP contribution >= 0.6 is 23.5 Å². The number of rotatable bonds is 15. The van der Waals surface area contributed by atoms with Gasteiger partial charge in [0.1, 0.15) is 13.2 Å². The number of benzene rings is 4. The van der Waals surface area contributed by atoms with Gasteiger partial charge in [-0.15, -0.1) is 0 Å². The van der Waals surface area contributed by atoms with Crippen molar-refractivity contribution in [1.82, 2.24) is 29.7 Å². The third-order valence-electron chi connectivity index (χ3n) is 10.5. The van der Waals surface area contributed by atoms with Gasteiger partial charge >= 0.3 is 0 Å². The summed E-state index contributed by atoms with van der Waals surface area (Å²) in [6.45, 7) is 7.81. The van der Waals surface area contributed by atoms with E-state index in [0.717, 1.165) is 83.1 Å². The number of nitrogens with two attached hydrogens (primary N) is 3. The van der Waals surface area contributed by atoms with Gasteiger partial charge in [0.25, 0.3) is 0 Å². The number of nitrogen functional groups attached to an aromatic ring is 1. The fourth-order valence-corrected chi connectivity index (χ4v) is 8.38. The average Bonchev–Trinajstić information content (AvgIpc) is 3.32. The minimum absolute atomic E-state index is 0.252. The van der Waals surface area contributed by atoms with E-state index in [-0.39, 0.29) is 6.61 Å². The molecule has 2 amide bonds. The topological polar surface area (TPSA) is 244 Å². The molecule has 4 aromatic carbocycles. The minimum atomic E-state index is -0.469. The number of nitrogens with zero attached hydrogens (tertiary/aromatic N) is 11. The van der Waals surface area contributed by atoms with Gasteiger partial charge in [0.05, 0.1) is 22.2 Å². The average molecular weight is 927 g/mol. The van der Waals surface area contributed by atoms with Crippen LogP contribution in [0.25, 0.3) is 10.4 Å². The van der Waals surface area contributed by atoms with Gasteiger partial charge in [0, 0.05) is 89.6 Å². The first-order chi connectivity index (χ1) is 32.0. The van der Waals surface area contributed by atoms with E-state index in [4.69, 9.17) is 42.2 Å². The molecule has 0 bridgehead atoms. The highest BCUT2D eigenvalue weighted by Crippen LogP contribution is 2.36. The van der Waals surface area contributed by atoms with Crippen LogP contribution < -0.4 is 36.5 Å². The SMILES string of the molecule is CN1CCN(c2ncc(Sc3ccc(C(N)=O)cc3)c(OCc3cccc(N)c3)n2)CC1.CN1CCN(c2ncc(Sc3ccc(C(N)=O)cc3)c(OCc3cccc(N=[N+]=[N-])c3)n2)CC1. The van der Waals surface area contributed by atoms with Crippen LogP contribution in [-0.4, -0.2) is 108 Å². The number of aromatic nitrogens is 4. The molecule has 0 aliphatic carbocycles. The van der Waals surface area contributed by atoms with Crippen molar-refractivity contribution >= 4 is 58.6 Å². The Kier molecular flexibility index (Phi) is 16.1. The van der Waals surface area contributed by atoms with Gasteiger partial charge in [-0.2, -0.15) is 9.97 Å². The van der Waals surface area contributed by atoms with Crippen LogP contribution in [0.5, 0.6) is 11.8 Å². The Balaban J connectivity index is 0.000000197. The third kappa shape index (κ3) is 13.2. The standard InChI is InChI=1S/C23H24N8O2S.C23H26N6O2S/c1-30-9-11-31(12-10-30)23-26-14-20(34-19-7-5-17(6-8-19)21(24)32)22(27-23)33-15-16-3-2-4-18(13-16)28-29-25;1-28-9-11-29(12-10-28)23-26-14-20(32-19-7-5-17(6-8-19)21(25)30)22(27-23)31-15-16-3-2-4-18(24)13-16/h2-8,13-14H,9-12,15H2,1H3,(H2,24,32);2-8,13-14H,9-12,15,24H2,1H3,(H2,25,30). The molecule has 340 valence electrons. The number of primary amides is 2. The summed E-state index contributed by atoms with van der Waals surface area (Å²) < 4.78 is 12.3. The van der Waals surface area contributed by atoms with E-state index in [2.05, 4.69) is 53.7 Å². The van der Waals surface area contributed by atoms with Gasteiger partial charge in [0.2, 0.25) is 35.5 Å². The molecule has 6 aromatic rings. The van der Waals surface area contributed by atoms with Crippen molar-refractivity contribution in [3.8, 4) is 11.8 Å². The zero-order chi connectivity index (χ0) is 46.4. The van der Waals surface area contributed by atoms with Crippen LogP contribution in [0.1, 0.15) is 31.8 Å². The summed E-state index contributed by atoms with van der Waals surface area (Å²) in [4.78, 5) is 56.4. The summed E-state index contributed by atoms with van der Waals surface area (Å²) in [5.41, 5.74) is 29.2. The molecule has 2 saturated heterocycles. The Hall–Kier alpha value is -7.09.